The van der Waals surface area contributed by atoms with Crippen molar-refractivity contribution in [1.29, 1.82) is 0 Å². The Labute approximate surface area is 131 Å². The van der Waals surface area contributed by atoms with Crippen LogP contribution < -0.4 is 4.74 Å². The van der Waals surface area contributed by atoms with Gasteiger partial charge in [-0.3, -0.25) is 15.1 Å². The monoisotopic (exact) mass is 350 g/mol. The van der Waals surface area contributed by atoms with Crippen LogP contribution >= 0.6 is 15.9 Å². The Morgan fingerprint density at radius 3 is 2.62 bits per heavy atom. The predicted molar refractivity (Wildman–Crippen MR) is 83.6 cm³/mol. The molecule has 0 fully saturated rings. The molecule has 5 nitrogen and oxygen atoms in total. The fourth-order valence-corrected chi connectivity index (χ4v) is 2.30. The number of rotatable bonds is 4. The smallest absolute Gasteiger partial charge is 0.278 e. The van der Waals surface area contributed by atoms with Gasteiger partial charge in [-0.15, -0.1) is 0 Å². The predicted octanol–water partition coefficient (Wildman–Crippen LogP) is 4.26. The van der Waals surface area contributed by atoms with Gasteiger partial charge in [-0.25, -0.2) is 0 Å². The first-order valence-corrected chi connectivity index (χ1v) is 7.18. The average molecular weight is 351 g/mol. The zero-order chi connectivity index (χ0) is 15.6. The first-order chi connectivity index (χ1) is 9.90. The van der Waals surface area contributed by atoms with Crippen molar-refractivity contribution in [2.45, 2.75) is 27.4 Å². The van der Waals surface area contributed by atoms with Gasteiger partial charge in [-0.05, 0) is 44.5 Å². The third-order valence-corrected chi connectivity index (χ3v) is 4.15. The van der Waals surface area contributed by atoms with Gasteiger partial charge in [0.25, 0.3) is 5.69 Å². The number of ether oxygens (including phenoxy) is 1. The molecule has 1 heterocycles. The van der Waals surface area contributed by atoms with E-state index in [1.807, 2.05) is 25.1 Å². The molecule has 0 aliphatic carbocycles. The second kappa shape index (κ2) is 6.22. The third-order valence-electron chi connectivity index (χ3n) is 3.26. The minimum Gasteiger partial charge on any atom is -0.487 e. The molecule has 6 heteroatoms. The number of halogens is 1. The summed E-state index contributed by atoms with van der Waals surface area (Å²) in [5, 5.41) is 11.1. The summed E-state index contributed by atoms with van der Waals surface area (Å²) in [7, 11) is 0. The van der Waals surface area contributed by atoms with Crippen molar-refractivity contribution < 1.29 is 9.66 Å². The Morgan fingerprint density at radius 2 is 2.00 bits per heavy atom. The van der Waals surface area contributed by atoms with Crippen molar-refractivity contribution in [3.05, 3.63) is 61.4 Å². The molecule has 1 aromatic heterocycles. The van der Waals surface area contributed by atoms with Crippen LogP contribution in [0.15, 0.2) is 28.9 Å². The van der Waals surface area contributed by atoms with Gasteiger partial charge in [0, 0.05) is 16.2 Å². The zero-order valence-electron chi connectivity index (χ0n) is 12.0. The van der Waals surface area contributed by atoms with Gasteiger partial charge in [0.15, 0.2) is 0 Å². The molecule has 2 rings (SSSR count). The topological polar surface area (TPSA) is 65.3 Å². The second-order valence-electron chi connectivity index (χ2n) is 4.82. The van der Waals surface area contributed by atoms with Gasteiger partial charge in [-0.2, -0.15) is 0 Å². The SMILES string of the molecule is Cc1cc(OCc2ncc(C)c([N+](=O)[O-])c2C)ccc1Br. The molecule has 0 N–H and O–H groups in total. The van der Waals surface area contributed by atoms with Gasteiger partial charge in [0.05, 0.1) is 16.2 Å². The van der Waals surface area contributed by atoms with Crippen LogP contribution in [0.4, 0.5) is 5.69 Å². The highest BCUT2D eigenvalue weighted by Crippen LogP contribution is 2.26. The highest BCUT2D eigenvalue weighted by atomic mass is 79.9. The maximum Gasteiger partial charge on any atom is 0.278 e. The van der Waals surface area contributed by atoms with E-state index in [0.29, 0.717) is 22.6 Å². The molecule has 0 saturated carbocycles. The molecule has 0 spiro atoms. The van der Waals surface area contributed by atoms with Crippen molar-refractivity contribution >= 4 is 21.6 Å². The second-order valence-corrected chi connectivity index (χ2v) is 5.67. The summed E-state index contributed by atoms with van der Waals surface area (Å²) in [5.74, 6) is 0.708. The third kappa shape index (κ3) is 3.39. The van der Waals surface area contributed by atoms with Crippen LogP contribution in [0.5, 0.6) is 5.75 Å². The fraction of sp³-hybridized carbons (Fsp3) is 0.267. The van der Waals surface area contributed by atoms with Crippen molar-refractivity contribution in [3.63, 3.8) is 0 Å². The van der Waals surface area contributed by atoms with Gasteiger partial charge in [-0.1, -0.05) is 15.9 Å². The molecule has 0 radical (unpaired) electrons. The lowest BCUT2D eigenvalue weighted by molar-refractivity contribution is -0.386. The zero-order valence-corrected chi connectivity index (χ0v) is 13.6. The van der Waals surface area contributed by atoms with Crippen LogP contribution in [0.25, 0.3) is 0 Å². The lowest BCUT2D eigenvalue weighted by Crippen LogP contribution is -2.05. The van der Waals surface area contributed by atoms with Gasteiger partial charge >= 0.3 is 0 Å². The molecular weight excluding hydrogens is 336 g/mol. The number of nitrogens with zero attached hydrogens (tertiary/aromatic N) is 2. The minimum atomic E-state index is -0.375. The largest absolute Gasteiger partial charge is 0.487 e. The summed E-state index contributed by atoms with van der Waals surface area (Å²) in [6.45, 7) is 5.55. The number of benzene rings is 1. The number of nitro groups is 1. The molecule has 0 bridgehead atoms. The highest BCUT2D eigenvalue weighted by Gasteiger charge is 2.18. The molecule has 0 unspecified atom stereocenters. The average Bonchev–Trinajstić information content (AvgIpc) is 2.41. The van der Waals surface area contributed by atoms with Crippen molar-refractivity contribution in [2.75, 3.05) is 0 Å². The van der Waals surface area contributed by atoms with Crippen molar-refractivity contribution in [1.82, 2.24) is 4.98 Å². The first kappa shape index (κ1) is 15.4. The molecule has 0 amide bonds. The normalized spacial score (nSPS) is 10.5. The maximum absolute atomic E-state index is 11.1. The Bertz CT molecular complexity index is 702. The van der Waals surface area contributed by atoms with E-state index in [-0.39, 0.29) is 17.2 Å². The van der Waals surface area contributed by atoms with Crippen LogP contribution in [-0.2, 0) is 6.61 Å². The number of hydrogen-bond donors (Lipinski definition) is 0. The summed E-state index contributed by atoms with van der Waals surface area (Å²) >= 11 is 3.43. The van der Waals surface area contributed by atoms with E-state index >= 15 is 0 Å². The number of aryl methyl sites for hydroxylation is 2. The summed E-state index contributed by atoms with van der Waals surface area (Å²) in [5.41, 5.74) is 2.85. The molecule has 0 saturated heterocycles. The molecule has 21 heavy (non-hydrogen) atoms. The minimum absolute atomic E-state index is 0.107. The summed E-state index contributed by atoms with van der Waals surface area (Å²) in [6.07, 6.45) is 1.51. The van der Waals surface area contributed by atoms with Crippen LogP contribution in [0.2, 0.25) is 0 Å². The quantitative estimate of drug-likeness (QED) is 0.610. The summed E-state index contributed by atoms with van der Waals surface area (Å²) in [6, 6.07) is 5.65. The molecule has 0 aliphatic heterocycles. The van der Waals surface area contributed by atoms with Crippen LogP contribution in [0.3, 0.4) is 0 Å². The summed E-state index contributed by atoms with van der Waals surface area (Å²) < 4.78 is 6.69. The Hall–Kier alpha value is -1.95. The maximum atomic E-state index is 11.1. The van der Waals surface area contributed by atoms with Gasteiger partial charge in [0.1, 0.15) is 12.4 Å². The van der Waals surface area contributed by atoms with E-state index in [9.17, 15) is 10.1 Å². The number of aromatic nitrogens is 1. The van der Waals surface area contributed by atoms with Crippen LogP contribution in [0.1, 0.15) is 22.4 Å². The van der Waals surface area contributed by atoms with Crippen LogP contribution in [-0.4, -0.2) is 9.91 Å². The van der Waals surface area contributed by atoms with E-state index in [0.717, 1.165) is 10.0 Å². The van der Waals surface area contributed by atoms with Crippen LogP contribution in [0, 0.1) is 30.9 Å². The molecule has 1 aromatic carbocycles. The molecule has 110 valence electrons. The molecule has 0 atom stereocenters. The van der Waals surface area contributed by atoms with Gasteiger partial charge in [0.2, 0.25) is 0 Å². The Morgan fingerprint density at radius 1 is 1.29 bits per heavy atom. The van der Waals surface area contributed by atoms with E-state index in [4.69, 9.17) is 4.74 Å². The number of hydrogen-bond acceptors (Lipinski definition) is 4. The van der Waals surface area contributed by atoms with Crippen molar-refractivity contribution in [2.24, 2.45) is 0 Å². The van der Waals surface area contributed by atoms with E-state index in [1.165, 1.54) is 6.20 Å². The molecule has 0 aliphatic rings. The van der Waals surface area contributed by atoms with E-state index in [1.54, 1.807) is 13.8 Å². The van der Waals surface area contributed by atoms with E-state index < -0.39 is 0 Å². The lowest BCUT2D eigenvalue weighted by atomic mass is 10.1. The highest BCUT2D eigenvalue weighted by molar-refractivity contribution is 9.10. The lowest BCUT2D eigenvalue weighted by Gasteiger charge is -2.10. The van der Waals surface area contributed by atoms with Crippen molar-refractivity contribution in [3.8, 4) is 5.75 Å². The first-order valence-electron chi connectivity index (χ1n) is 6.38. The Kier molecular flexibility index (Phi) is 4.57. The standard InChI is InChI=1S/C15H15BrN2O3/c1-9-6-12(4-5-13(9)16)21-8-14-11(3)15(18(19)20)10(2)7-17-14/h4-7H,8H2,1-3H3. The summed E-state index contributed by atoms with van der Waals surface area (Å²) in [4.78, 5) is 14.9. The van der Waals surface area contributed by atoms with E-state index in [2.05, 4.69) is 20.9 Å². The van der Waals surface area contributed by atoms with Gasteiger partial charge < -0.3 is 4.74 Å². The Balaban J connectivity index is 2.22. The fourth-order valence-electron chi connectivity index (χ4n) is 2.05. The number of pyridine rings is 1. The molecular formula is C15H15BrN2O3. The molecule has 2 aromatic rings.